The van der Waals surface area contributed by atoms with E-state index in [0.29, 0.717) is 5.75 Å². The maximum absolute atomic E-state index is 12.1. The van der Waals surface area contributed by atoms with E-state index in [1.54, 1.807) is 0 Å². The molecule has 0 saturated carbocycles. The van der Waals surface area contributed by atoms with Crippen LogP contribution in [0.25, 0.3) is 0 Å². The number of thioether (sulfide) groups is 1. The number of rotatable bonds is 6. The second kappa shape index (κ2) is 7.45. The molecular formula is C16H22N4OS. The Morgan fingerprint density at radius 1 is 1.18 bits per heavy atom. The Balaban J connectivity index is 1.95. The summed E-state index contributed by atoms with van der Waals surface area (Å²) in [5.74, 6) is 1.19. The number of carbonyl (C=O) groups is 1. The maximum atomic E-state index is 12.1. The van der Waals surface area contributed by atoms with Crippen molar-refractivity contribution in [3.05, 3.63) is 35.2 Å². The lowest BCUT2D eigenvalue weighted by atomic mass is 10.1. The van der Waals surface area contributed by atoms with Crippen molar-refractivity contribution >= 4 is 23.4 Å². The standard InChI is InChI=1S/C16H22N4OS/c1-5-6-20-13(4)18-19-16(20)22-10-15(21)17-14-8-11(2)7-12(3)9-14/h7-9H,5-6,10H2,1-4H3,(H,17,21). The third-order valence-corrected chi connectivity index (χ3v) is 4.15. The number of nitrogens with zero attached hydrogens (tertiary/aromatic N) is 3. The molecule has 0 fully saturated rings. The van der Waals surface area contributed by atoms with Gasteiger partial charge in [0.25, 0.3) is 0 Å². The van der Waals surface area contributed by atoms with Crippen LogP contribution in [0.15, 0.2) is 23.4 Å². The topological polar surface area (TPSA) is 59.8 Å². The van der Waals surface area contributed by atoms with E-state index in [4.69, 9.17) is 0 Å². The third kappa shape index (κ3) is 4.34. The molecule has 0 aliphatic heterocycles. The van der Waals surface area contributed by atoms with Gasteiger partial charge in [0.15, 0.2) is 5.16 Å². The Labute approximate surface area is 135 Å². The summed E-state index contributed by atoms with van der Waals surface area (Å²) in [6, 6.07) is 6.03. The summed E-state index contributed by atoms with van der Waals surface area (Å²) in [6.45, 7) is 8.96. The number of hydrogen-bond acceptors (Lipinski definition) is 4. The fourth-order valence-corrected chi connectivity index (χ4v) is 3.13. The molecule has 0 atom stereocenters. The lowest BCUT2D eigenvalue weighted by Gasteiger charge is -2.08. The number of carbonyl (C=O) groups excluding carboxylic acids is 1. The average Bonchev–Trinajstić information content (AvgIpc) is 2.77. The van der Waals surface area contributed by atoms with Gasteiger partial charge in [-0.25, -0.2) is 0 Å². The number of nitrogens with one attached hydrogen (secondary N) is 1. The van der Waals surface area contributed by atoms with Crippen LogP contribution < -0.4 is 5.32 Å². The Hall–Kier alpha value is -1.82. The summed E-state index contributed by atoms with van der Waals surface area (Å²) in [5, 5.41) is 12.0. The summed E-state index contributed by atoms with van der Waals surface area (Å²) in [7, 11) is 0. The van der Waals surface area contributed by atoms with Crippen LogP contribution in [0.2, 0.25) is 0 Å². The molecule has 1 amide bonds. The van der Waals surface area contributed by atoms with E-state index < -0.39 is 0 Å². The first kappa shape index (κ1) is 16.5. The van der Waals surface area contributed by atoms with E-state index in [-0.39, 0.29) is 5.91 Å². The molecule has 1 aromatic carbocycles. The molecule has 0 unspecified atom stereocenters. The van der Waals surface area contributed by atoms with Gasteiger partial charge in [-0.15, -0.1) is 10.2 Å². The van der Waals surface area contributed by atoms with Crippen molar-refractivity contribution in [1.82, 2.24) is 14.8 Å². The van der Waals surface area contributed by atoms with Gasteiger partial charge in [-0.2, -0.15) is 0 Å². The smallest absolute Gasteiger partial charge is 0.234 e. The van der Waals surface area contributed by atoms with Gasteiger partial charge < -0.3 is 9.88 Å². The van der Waals surface area contributed by atoms with E-state index >= 15 is 0 Å². The molecule has 0 aliphatic rings. The highest BCUT2D eigenvalue weighted by molar-refractivity contribution is 7.99. The van der Waals surface area contributed by atoms with E-state index in [2.05, 4.69) is 33.1 Å². The van der Waals surface area contributed by atoms with Crippen LogP contribution in [-0.2, 0) is 11.3 Å². The Bertz CT molecular complexity index is 646. The van der Waals surface area contributed by atoms with Crippen molar-refractivity contribution in [2.24, 2.45) is 0 Å². The van der Waals surface area contributed by atoms with Crippen molar-refractivity contribution < 1.29 is 4.79 Å². The van der Waals surface area contributed by atoms with Crippen molar-refractivity contribution in [3.8, 4) is 0 Å². The van der Waals surface area contributed by atoms with Gasteiger partial charge in [-0.1, -0.05) is 24.8 Å². The Kier molecular flexibility index (Phi) is 5.60. The first-order chi connectivity index (χ1) is 10.5. The molecule has 1 N–H and O–H groups in total. The second-order valence-corrected chi connectivity index (χ2v) is 6.34. The number of aromatic nitrogens is 3. The number of hydrogen-bond donors (Lipinski definition) is 1. The number of benzene rings is 1. The van der Waals surface area contributed by atoms with E-state index in [9.17, 15) is 4.79 Å². The summed E-state index contributed by atoms with van der Waals surface area (Å²) >= 11 is 1.42. The van der Waals surface area contributed by atoms with Gasteiger partial charge in [-0.05, 0) is 50.5 Å². The number of aryl methyl sites for hydroxylation is 3. The second-order valence-electron chi connectivity index (χ2n) is 5.39. The number of anilines is 1. The van der Waals surface area contributed by atoms with Crippen LogP contribution in [0.3, 0.4) is 0 Å². The first-order valence-electron chi connectivity index (χ1n) is 7.40. The highest BCUT2D eigenvalue weighted by Gasteiger charge is 2.11. The summed E-state index contributed by atoms with van der Waals surface area (Å²) in [4.78, 5) is 12.1. The van der Waals surface area contributed by atoms with Crippen LogP contribution in [0, 0.1) is 20.8 Å². The Morgan fingerprint density at radius 2 is 1.86 bits per heavy atom. The minimum atomic E-state index is -0.0290. The van der Waals surface area contributed by atoms with E-state index in [0.717, 1.165) is 40.8 Å². The van der Waals surface area contributed by atoms with E-state index in [1.807, 2.05) is 32.9 Å². The maximum Gasteiger partial charge on any atom is 0.234 e. The first-order valence-corrected chi connectivity index (χ1v) is 8.39. The Morgan fingerprint density at radius 3 is 2.50 bits per heavy atom. The van der Waals surface area contributed by atoms with Gasteiger partial charge in [-0.3, -0.25) is 4.79 Å². The lowest BCUT2D eigenvalue weighted by Crippen LogP contribution is -2.15. The van der Waals surface area contributed by atoms with Crippen molar-refractivity contribution in [3.63, 3.8) is 0 Å². The SMILES string of the molecule is CCCn1c(C)nnc1SCC(=O)Nc1cc(C)cc(C)c1. The van der Waals surface area contributed by atoms with Crippen molar-refractivity contribution in [2.45, 2.75) is 45.8 Å². The van der Waals surface area contributed by atoms with Gasteiger partial charge in [0.2, 0.25) is 5.91 Å². The molecule has 2 aromatic rings. The quantitative estimate of drug-likeness (QED) is 0.830. The van der Waals surface area contributed by atoms with Gasteiger partial charge in [0.05, 0.1) is 5.75 Å². The van der Waals surface area contributed by atoms with E-state index in [1.165, 1.54) is 11.8 Å². The number of amides is 1. The minimum absolute atomic E-state index is 0.0290. The lowest BCUT2D eigenvalue weighted by molar-refractivity contribution is -0.113. The predicted molar refractivity (Wildman–Crippen MR) is 90.3 cm³/mol. The van der Waals surface area contributed by atoms with Crippen LogP contribution in [0.5, 0.6) is 0 Å². The van der Waals surface area contributed by atoms with Crippen LogP contribution in [-0.4, -0.2) is 26.4 Å². The van der Waals surface area contributed by atoms with Gasteiger partial charge >= 0.3 is 0 Å². The van der Waals surface area contributed by atoms with Gasteiger partial charge in [0.1, 0.15) is 5.82 Å². The van der Waals surface area contributed by atoms with Crippen LogP contribution in [0.1, 0.15) is 30.3 Å². The van der Waals surface area contributed by atoms with Gasteiger partial charge in [0, 0.05) is 12.2 Å². The highest BCUT2D eigenvalue weighted by Crippen LogP contribution is 2.18. The molecular weight excluding hydrogens is 296 g/mol. The largest absolute Gasteiger partial charge is 0.325 e. The zero-order valence-corrected chi connectivity index (χ0v) is 14.3. The van der Waals surface area contributed by atoms with Crippen LogP contribution >= 0.6 is 11.8 Å². The molecule has 2 rings (SSSR count). The molecule has 118 valence electrons. The van der Waals surface area contributed by atoms with Crippen LogP contribution in [0.4, 0.5) is 5.69 Å². The molecule has 0 radical (unpaired) electrons. The minimum Gasteiger partial charge on any atom is -0.325 e. The fourth-order valence-electron chi connectivity index (χ4n) is 2.32. The summed E-state index contributed by atoms with van der Waals surface area (Å²) in [5.41, 5.74) is 3.12. The summed E-state index contributed by atoms with van der Waals surface area (Å²) in [6.07, 6.45) is 1.02. The predicted octanol–water partition coefficient (Wildman–Crippen LogP) is 3.34. The average molecular weight is 318 g/mol. The monoisotopic (exact) mass is 318 g/mol. The highest BCUT2D eigenvalue weighted by atomic mass is 32.2. The summed E-state index contributed by atoms with van der Waals surface area (Å²) < 4.78 is 2.05. The zero-order valence-electron chi connectivity index (χ0n) is 13.5. The van der Waals surface area contributed by atoms with Crippen molar-refractivity contribution in [2.75, 3.05) is 11.1 Å². The molecule has 1 aromatic heterocycles. The zero-order chi connectivity index (χ0) is 16.1. The molecule has 5 nitrogen and oxygen atoms in total. The molecule has 0 saturated heterocycles. The fraction of sp³-hybridized carbons (Fsp3) is 0.438. The molecule has 0 bridgehead atoms. The molecule has 22 heavy (non-hydrogen) atoms. The van der Waals surface area contributed by atoms with Crippen molar-refractivity contribution in [1.29, 1.82) is 0 Å². The molecule has 1 heterocycles. The molecule has 6 heteroatoms. The third-order valence-electron chi connectivity index (χ3n) is 3.19. The normalized spacial score (nSPS) is 10.7. The molecule has 0 aliphatic carbocycles. The molecule has 0 spiro atoms.